The standard InChI is InChI=1S/C12H17N3O3S/c13-10-5-9(12(14)16)1-2-11(10)15-6-8-3-4-19(17,18)7-8/h1-2,5,8,15H,3-4,6-7,13H2,(H2,14,16). The van der Waals surface area contributed by atoms with Gasteiger partial charge in [0.15, 0.2) is 9.84 Å². The normalized spacial score (nSPS) is 21.2. The number of nitrogen functional groups attached to an aromatic ring is 1. The van der Waals surface area contributed by atoms with Gasteiger partial charge in [0.05, 0.1) is 22.9 Å². The average molecular weight is 283 g/mol. The number of carbonyl (C=O) groups excluding carboxylic acids is 1. The molecule has 1 saturated heterocycles. The molecule has 0 bridgehead atoms. The van der Waals surface area contributed by atoms with E-state index in [2.05, 4.69) is 5.32 Å². The van der Waals surface area contributed by atoms with Crippen molar-refractivity contribution in [3.8, 4) is 0 Å². The molecule has 19 heavy (non-hydrogen) atoms. The van der Waals surface area contributed by atoms with E-state index in [0.717, 1.165) is 0 Å². The number of carbonyl (C=O) groups is 1. The maximum Gasteiger partial charge on any atom is 0.248 e. The van der Waals surface area contributed by atoms with Crippen molar-refractivity contribution in [2.45, 2.75) is 6.42 Å². The van der Waals surface area contributed by atoms with Crippen LogP contribution in [0, 0.1) is 5.92 Å². The Morgan fingerprint density at radius 3 is 2.68 bits per heavy atom. The molecule has 1 aliphatic rings. The molecule has 0 radical (unpaired) electrons. The molecule has 5 N–H and O–H groups in total. The zero-order valence-electron chi connectivity index (χ0n) is 10.4. The predicted octanol–water partition coefficient (Wildman–Crippen LogP) is 0.214. The second-order valence-electron chi connectivity index (χ2n) is 4.82. The van der Waals surface area contributed by atoms with Gasteiger partial charge in [0.2, 0.25) is 5.91 Å². The molecular weight excluding hydrogens is 266 g/mol. The monoisotopic (exact) mass is 283 g/mol. The minimum absolute atomic E-state index is 0.111. The highest BCUT2D eigenvalue weighted by atomic mass is 32.2. The van der Waals surface area contributed by atoms with E-state index in [1.807, 2.05) is 0 Å². The van der Waals surface area contributed by atoms with E-state index in [9.17, 15) is 13.2 Å². The molecule has 1 aromatic carbocycles. The molecule has 0 aliphatic carbocycles. The van der Waals surface area contributed by atoms with Gasteiger partial charge in [-0.05, 0) is 30.5 Å². The van der Waals surface area contributed by atoms with Crippen LogP contribution in [0.3, 0.4) is 0 Å². The van der Waals surface area contributed by atoms with E-state index in [-0.39, 0.29) is 17.4 Å². The molecule has 0 aromatic heterocycles. The summed E-state index contributed by atoms with van der Waals surface area (Å²) in [6.07, 6.45) is 0.675. The Bertz CT molecular complexity index is 598. The van der Waals surface area contributed by atoms with Crippen molar-refractivity contribution in [3.05, 3.63) is 23.8 Å². The van der Waals surface area contributed by atoms with Gasteiger partial charge in [0.1, 0.15) is 0 Å². The molecule has 104 valence electrons. The lowest BCUT2D eigenvalue weighted by Gasteiger charge is -2.13. The largest absolute Gasteiger partial charge is 0.397 e. The van der Waals surface area contributed by atoms with Crippen LogP contribution < -0.4 is 16.8 Å². The molecule has 2 rings (SSSR count). The van der Waals surface area contributed by atoms with Crippen molar-refractivity contribution < 1.29 is 13.2 Å². The van der Waals surface area contributed by atoms with Gasteiger partial charge in [0, 0.05) is 12.1 Å². The summed E-state index contributed by atoms with van der Waals surface area (Å²) >= 11 is 0. The Labute approximate surface area is 112 Å². The Hall–Kier alpha value is -1.76. The summed E-state index contributed by atoms with van der Waals surface area (Å²) in [6.45, 7) is 0.555. The van der Waals surface area contributed by atoms with Crippen molar-refractivity contribution >= 4 is 27.1 Å². The summed E-state index contributed by atoms with van der Waals surface area (Å²) in [7, 11) is -2.86. The molecule has 7 heteroatoms. The van der Waals surface area contributed by atoms with E-state index in [1.165, 1.54) is 6.07 Å². The lowest BCUT2D eigenvalue weighted by molar-refractivity contribution is 0.100. The second kappa shape index (κ2) is 5.08. The molecule has 1 amide bonds. The van der Waals surface area contributed by atoms with Crippen LogP contribution in [0.4, 0.5) is 11.4 Å². The number of nitrogens with two attached hydrogens (primary N) is 2. The minimum atomic E-state index is -2.86. The Morgan fingerprint density at radius 1 is 1.42 bits per heavy atom. The van der Waals surface area contributed by atoms with Gasteiger partial charge in [-0.2, -0.15) is 0 Å². The summed E-state index contributed by atoms with van der Waals surface area (Å²) in [5.74, 6) is 0.0645. The first-order valence-electron chi connectivity index (χ1n) is 6.01. The molecule has 0 spiro atoms. The third kappa shape index (κ3) is 3.37. The number of rotatable bonds is 4. The number of nitrogens with one attached hydrogen (secondary N) is 1. The van der Waals surface area contributed by atoms with Crippen LogP contribution in [-0.2, 0) is 9.84 Å². The first-order valence-corrected chi connectivity index (χ1v) is 7.83. The summed E-state index contributed by atoms with van der Waals surface area (Å²) in [6, 6.07) is 4.78. The van der Waals surface area contributed by atoms with Crippen molar-refractivity contribution in [2.24, 2.45) is 11.7 Å². The van der Waals surface area contributed by atoms with Crippen molar-refractivity contribution in [1.29, 1.82) is 0 Å². The van der Waals surface area contributed by atoms with Crippen LogP contribution in [-0.4, -0.2) is 32.4 Å². The highest BCUT2D eigenvalue weighted by Crippen LogP contribution is 2.23. The Balaban J connectivity index is 1.99. The maximum absolute atomic E-state index is 11.3. The van der Waals surface area contributed by atoms with Crippen molar-refractivity contribution in [1.82, 2.24) is 0 Å². The summed E-state index contributed by atoms with van der Waals surface area (Å²) in [4.78, 5) is 11.0. The summed E-state index contributed by atoms with van der Waals surface area (Å²) < 4.78 is 22.7. The topological polar surface area (TPSA) is 115 Å². The molecule has 1 fully saturated rings. The van der Waals surface area contributed by atoms with E-state index in [1.54, 1.807) is 12.1 Å². The van der Waals surface area contributed by atoms with Crippen LogP contribution >= 0.6 is 0 Å². The predicted molar refractivity (Wildman–Crippen MR) is 74.6 cm³/mol. The van der Waals surface area contributed by atoms with E-state index in [4.69, 9.17) is 11.5 Å². The molecule has 1 aliphatic heterocycles. The van der Waals surface area contributed by atoms with E-state index in [0.29, 0.717) is 29.9 Å². The fourth-order valence-corrected chi connectivity index (χ4v) is 4.03. The number of benzene rings is 1. The fourth-order valence-electron chi connectivity index (χ4n) is 2.16. The SMILES string of the molecule is NC(=O)c1ccc(NCC2CCS(=O)(=O)C2)c(N)c1. The number of amides is 1. The molecule has 1 heterocycles. The van der Waals surface area contributed by atoms with Crippen molar-refractivity contribution in [2.75, 3.05) is 29.1 Å². The van der Waals surface area contributed by atoms with E-state index < -0.39 is 15.7 Å². The average Bonchev–Trinajstić information content (AvgIpc) is 2.67. The van der Waals surface area contributed by atoms with Gasteiger partial charge in [-0.3, -0.25) is 4.79 Å². The maximum atomic E-state index is 11.3. The molecule has 1 atom stereocenters. The Kier molecular flexibility index (Phi) is 3.66. The van der Waals surface area contributed by atoms with Gasteiger partial charge < -0.3 is 16.8 Å². The number of primary amides is 1. The number of hydrogen-bond acceptors (Lipinski definition) is 5. The van der Waals surface area contributed by atoms with Crippen LogP contribution in [0.25, 0.3) is 0 Å². The van der Waals surface area contributed by atoms with Gasteiger partial charge >= 0.3 is 0 Å². The smallest absolute Gasteiger partial charge is 0.248 e. The van der Waals surface area contributed by atoms with Gasteiger partial charge in [0.25, 0.3) is 0 Å². The second-order valence-corrected chi connectivity index (χ2v) is 7.04. The first kappa shape index (κ1) is 13.7. The fraction of sp³-hybridized carbons (Fsp3) is 0.417. The lowest BCUT2D eigenvalue weighted by atomic mass is 10.1. The highest BCUT2D eigenvalue weighted by molar-refractivity contribution is 7.91. The quantitative estimate of drug-likeness (QED) is 0.683. The molecule has 6 nitrogen and oxygen atoms in total. The lowest BCUT2D eigenvalue weighted by Crippen LogP contribution is -2.17. The highest BCUT2D eigenvalue weighted by Gasteiger charge is 2.27. The molecule has 1 aromatic rings. The third-order valence-electron chi connectivity index (χ3n) is 3.24. The number of hydrogen-bond donors (Lipinski definition) is 3. The zero-order chi connectivity index (χ0) is 14.0. The molecule has 0 saturated carbocycles. The van der Waals surface area contributed by atoms with Crippen molar-refractivity contribution in [3.63, 3.8) is 0 Å². The van der Waals surface area contributed by atoms with Crippen LogP contribution in [0.15, 0.2) is 18.2 Å². The van der Waals surface area contributed by atoms with Gasteiger partial charge in [-0.15, -0.1) is 0 Å². The third-order valence-corrected chi connectivity index (χ3v) is 5.08. The molecule has 1 unspecified atom stereocenters. The van der Waals surface area contributed by atoms with E-state index >= 15 is 0 Å². The summed E-state index contributed by atoms with van der Waals surface area (Å²) in [5, 5.41) is 3.12. The zero-order valence-corrected chi connectivity index (χ0v) is 11.2. The van der Waals surface area contributed by atoms with Gasteiger partial charge in [-0.25, -0.2) is 8.42 Å². The van der Waals surface area contributed by atoms with Crippen LogP contribution in [0.2, 0.25) is 0 Å². The summed E-state index contributed by atoms with van der Waals surface area (Å²) in [5.41, 5.74) is 12.4. The van der Waals surface area contributed by atoms with Gasteiger partial charge in [-0.1, -0.05) is 0 Å². The van der Waals surface area contributed by atoms with Crippen LogP contribution in [0.5, 0.6) is 0 Å². The molecular formula is C12H17N3O3S. The number of sulfone groups is 1. The minimum Gasteiger partial charge on any atom is -0.397 e. The first-order chi connectivity index (χ1) is 8.87. The number of anilines is 2. The Morgan fingerprint density at radius 2 is 2.16 bits per heavy atom. The van der Waals surface area contributed by atoms with Crippen LogP contribution in [0.1, 0.15) is 16.8 Å².